The van der Waals surface area contributed by atoms with Crippen LogP contribution in [0.25, 0.3) is 11.0 Å². The van der Waals surface area contributed by atoms with Gasteiger partial charge in [-0.25, -0.2) is 4.98 Å². The molecule has 7 heteroatoms. The Bertz CT molecular complexity index is 1020. The number of amides is 1. The summed E-state index contributed by atoms with van der Waals surface area (Å²) in [7, 11) is 0. The van der Waals surface area contributed by atoms with Crippen molar-refractivity contribution in [3.63, 3.8) is 0 Å². The minimum atomic E-state index is -0.0658. The molecule has 1 aliphatic heterocycles. The number of rotatable bonds is 7. The lowest BCUT2D eigenvalue weighted by molar-refractivity contribution is -0.119. The van der Waals surface area contributed by atoms with Crippen molar-refractivity contribution in [2.75, 3.05) is 19.0 Å². The molecule has 1 unspecified atom stereocenters. The maximum atomic E-state index is 12.6. The van der Waals surface area contributed by atoms with Crippen molar-refractivity contribution < 1.29 is 14.3 Å². The average molecular weight is 412 g/mol. The predicted octanol–water partition coefficient (Wildman–Crippen LogP) is 4.19. The molecule has 2 aromatic carbocycles. The summed E-state index contributed by atoms with van der Waals surface area (Å²) < 4.78 is 13.4. The molecule has 4 rings (SSSR count). The van der Waals surface area contributed by atoms with E-state index in [2.05, 4.69) is 34.8 Å². The van der Waals surface area contributed by atoms with Crippen LogP contribution in [0.15, 0.2) is 47.6 Å². The molecule has 1 N–H and O–H groups in total. The van der Waals surface area contributed by atoms with Gasteiger partial charge >= 0.3 is 0 Å². The zero-order chi connectivity index (χ0) is 20.2. The number of para-hydroxylation sites is 2. The van der Waals surface area contributed by atoms with E-state index < -0.39 is 0 Å². The van der Waals surface area contributed by atoms with Gasteiger partial charge < -0.3 is 19.4 Å². The van der Waals surface area contributed by atoms with Gasteiger partial charge in [0, 0.05) is 6.54 Å². The van der Waals surface area contributed by atoms with Gasteiger partial charge in [0.15, 0.2) is 16.7 Å². The summed E-state index contributed by atoms with van der Waals surface area (Å²) in [4.78, 5) is 17.3. The van der Waals surface area contributed by atoms with Gasteiger partial charge in [-0.3, -0.25) is 4.79 Å². The van der Waals surface area contributed by atoms with E-state index in [9.17, 15) is 4.79 Å². The fraction of sp³-hybridized carbons (Fsp3) is 0.364. The Hall–Kier alpha value is -2.67. The molecule has 0 fully saturated rings. The second-order valence-corrected chi connectivity index (χ2v) is 7.79. The number of fused-ring (bicyclic) bond motifs is 2. The highest BCUT2D eigenvalue weighted by Gasteiger charge is 2.18. The first-order valence-corrected chi connectivity index (χ1v) is 10.9. The number of benzene rings is 2. The van der Waals surface area contributed by atoms with Crippen LogP contribution in [0.5, 0.6) is 11.5 Å². The number of hydrogen-bond acceptors (Lipinski definition) is 5. The summed E-state index contributed by atoms with van der Waals surface area (Å²) in [6.45, 7) is 6.09. The molecule has 3 aromatic rings. The zero-order valence-electron chi connectivity index (χ0n) is 16.7. The van der Waals surface area contributed by atoms with Crippen LogP contribution in [0.4, 0.5) is 0 Å². The molecule has 1 aliphatic rings. The zero-order valence-corrected chi connectivity index (χ0v) is 17.5. The lowest BCUT2D eigenvalue weighted by atomic mass is 10.0. The van der Waals surface area contributed by atoms with E-state index in [1.54, 1.807) is 0 Å². The van der Waals surface area contributed by atoms with Crippen LogP contribution in [-0.2, 0) is 11.3 Å². The van der Waals surface area contributed by atoms with E-state index >= 15 is 0 Å². The van der Waals surface area contributed by atoms with E-state index in [-0.39, 0.29) is 11.9 Å². The third-order valence-electron chi connectivity index (χ3n) is 4.98. The SMILES string of the molecule is CCC(NC(=O)CSc1nc2ccccc2n1CC)c1ccc2c(c1)OCCO2. The second-order valence-electron chi connectivity index (χ2n) is 6.85. The number of aryl methyl sites for hydroxylation is 1. The highest BCUT2D eigenvalue weighted by atomic mass is 32.2. The number of nitrogens with zero attached hydrogens (tertiary/aromatic N) is 2. The minimum Gasteiger partial charge on any atom is -0.486 e. The lowest BCUT2D eigenvalue weighted by Crippen LogP contribution is -2.29. The molecule has 1 atom stereocenters. The molecule has 2 heterocycles. The topological polar surface area (TPSA) is 65.4 Å². The fourth-order valence-electron chi connectivity index (χ4n) is 3.53. The molecule has 0 aliphatic carbocycles. The molecule has 1 aromatic heterocycles. The van der Waals surface area contributed by atoms with Crippen molar-refractivity contribution in [3.8, 4) is 11.5 Å². The monoisotopic (exact) mass is 411 g/mol. The number of carbonyl (C=O) groups excluding carboxylic acids is 1. The van der Waals surface area contributed by atoms with Crippen LogP contribution in [-0.4, -0.2) is 34.4 Å². The average Bonchev–Trinajstić information content (AvgIpc) is 3.13. The van der Waals surface area contributed by atoms with Crippen molar-refractivity contribution in [2.24, 2.45) is 0 Å². The Labute approximate surface area is 174 Å². The quantitative estimate of drug-likeness (QED) is 0.591. The van der Waals surface area contributed by atoms with E-state index in [1.807, 2.05) is 36.4 Å². The van der Waals surface area contributed by atoms with E-state index in [4.69, 9.17) is 9.47 Å². The summed E-state index contributed by atoms with van der Waals surface area (Å²) in [6, 6.07) is 13.9. The van der Waals surface area contributed by atoms with Crippen molar-refractivity contribution in [1.29, 1.82) is 0 Å². The van der Waals surface area contributed by atoms with Crippen LogP contribution in [0.2, 0.25) is 0 Å². The number of hydrogen-bond donors (Lipinski definition) is 1. The van der Waals surface area contributed by atoms with Gasteiger partial charge in [-0.1, -0.05) is 36.9 Å². The molecule has 29 heavy (non-hydrogen) atoms. The van der Waals surface area contributed by atoms with E-state index in [1.165, 1.54) is 11.8 Å². The molecule has 0 radical (unpaired) electrons. The predicted molar refractivity (Wildman–Crippen MR) is 115 cm³/mol. The molecule has 1 amide bonds. The molecule has 0 bridgehead atoms. The largest absolute Gasteiger partial charge is 0.486 e. The van der Waals surface area contributed by atoms with Crippen molar-refractivity contribution in [3.05, 3.63) is 48.0 Å². The number of carbonyl (C=O) groups is 1. The minimum absolute atomic E-state index is 0.00792. The van der Waals surface area contributed by atoms with E-state index in [0.29, 0.717) is 19.0 Å². The van der Waals surface area contributed by atoms with Crippen LogP contribution >= 0.6 is 11.8 Å². The van der Waals surface area contributed by atoms with Crippen molar-refractivity contribution in [2.45, 2.75) is 38.0 Å². The standard InChI is InChI=1S/C22H25N3O3S/c1-3-16(15-9-10-19-20(13-15)28-12-11-27-19)23-21(26)14-29-22-24-17-7-5-6-8-18(17)25(22)4-2/h5-10,13,16H,3-4,11-12,14H2,1-2H3,(H,23,26). The summed E-state index contributed by atoms with van der Waals surface area (Å²) in [6.07, 6.45) is 0.795. The number of nitrogens with one attached hydrogen (secondary N) is 1. The number of thioether (sulfide) groups is 1. The van der Waals surface area contributed by atoms with Gasteiger partial charge in [0.25, 0.3) is 0 Å². The summed E-state index contributed by atoms with van der Waals surface area (Å²) >= 11 is 1.47. The van der Waals surface area contributed by atoms with Gasteiger partial charge in [-0.15, -0.1) is 0 Å². The summed E-state index contributed by atoms with van der Waals surface area (Å²) in [5, 5.41) is 4.01. The van der Waals surface area contributed by atoms with Gasteiger partial charge in [0.1, 0.15) is 13.2 Å². The van der Waals surface area contributed by atoms with Crippen LogP contribution in [0.1, 0.15) is 31.9 Å². The first-order valence-electron chi connectivity index (χ1n) is 9.96. The number of imidazole rings is 1. The number of ether oxygens (including phenoxy) is 2. The smallest absolute Gasteiger partial charge is 0.230 e. The van der Waals surface area contributed by atoms with Crippen molar-refractivity contribution >= 4 is 28.7 Å². The Kier molecular flexibility index (Phi) is 5.94. The third kappa shape index (κ3) is 4.19. The molecule has 152 valence electrons. The fourth-order valence-corrected chi connectivity index (χ4v) is 4.42. The molecular weight excluding hydrogens is 386 g/mol. The molecule has 0 saturated carbocycles. The molecule has 0 spiro atoms. The maximum Gasteiger partial charge on any atom is 0.230 e. The van der Waals surface area contributed by atoms with E-state index in [0.717, 1.165) is 46.2 Å². The maximum absolute atomic E-state index is 12.6. The Morgan fingerprint density at radius 2 is 1.97 bits per heavy atom. The van der Waals surface area contributed by atoms with Gasteiger partial charge in [0.2, 0.25) is 5.91 Å². The number of aromatic nitrogens is 2. The molecule has 6 nitrogen and oxygen atoms in total. The molecule has 0 saturated heterocycles. The third-order valence-corrected chi connectivity index (χ3v) is 5.96. The van der Waals surface area contributed by atoms with Crippen LogP contribution < -0.4 is 14.8 Å². The second kappa shape index (κ2) is 8.78. The van der Waals surface area contributed by atoms with Gasteiger partial charge in [-0.2, -0.15) is 0 Å². The summed E-state index contributed by atoms with van der Waals surface area (Å²) in [5.74, 6) is 1.82. The summed E-state index contributed by atoms with van der Waals surface area (Å²) in [5.41, 5.74) is 3.08. The van der Waals surface area contributed by atoms with Crippen molar-refractivity contribution in [1.82, 2.24) is 14.9 Å². The van der Waals surface area contributed by atoms with Gasteiger partial charge in [0.05, 0.1) is 22.8 Å². The Balaban J connectivity index is 1.42. The highest BCUT2D eigenvalue weighted by Crippen LogP contribution is 2.33. The lowest BCUT2D eigenvalue weighted by Gasteiger charge is -2.22. The Morgan fingerprint density at radius 3 is 2.76 bits per heavy atom. The van der Waals surface area contributed by atoms with Crippen LogP contribution in [0.3, 0.4) is 0 Å². The van der Waals surface area contributed by atoms with Gasteiger partial charge in [-0.05, 0) is 43.2 Å². The normalized spacial score (nSPS) is 14.0. The van der Waals surface area contributed by atoms with Crippen LogP contribution in [0, 0.1) is 0 Å². The first kappa shape index (κ1) is 19.6. The molecular formula is C22H25N3O3S. The Morgan fingerprint density at radius 1 is 1.17 bits per heavy atom. The highest BCUT2D eigenvalue weighted by molar-refractivity contribution is 7.99. The first-order chi connectivity index (χ1) is 14.2.